The van der Waals surface area contributed by atoms with Gasteiger partial charge in [-0.05, 0) is 50.2 Å². The summed E-state index contributed by atoms with van der Waals surface area (Å²) in [7, 11) is 2.99. The van der Waals surface area contributed by atoms with E-state index in [9.17, 15) is 14.4 Å². The maximum atomic E-state index is 13.3. The second kappa shape index (κ2) is 11.9. The average molecular weight is 584 g/mol. The van der Waals surface area contributed by atoms with E-state index in [1.165, 1.54) is 13.3 Å². The lowest BCUT2D eigenvalue weighted by Crippen LogP contribution is -2.48. The molecule has 1 aliphatic heterocycles. The van der Waals surface area contributed by atoms with Gasteiger partial charge in [-0.25, -0.2) is 4.98 Å². The number of nitrogens with two attached hydrogens (primary N) is 1. The van der Waals surface area contributed by atoms with E-state index in [1.807, 2.05) is 13.0 Å². The summed E-state index contributed by atoms with van der Waals surface area (Å²) in [6.07, 6.45) is 7.38. The number of carbonyl (C=O) groups excluding carboxylic acids is 3. The van der Waals surface area contributed by atoms with Crippen molar-refractivity contribution in [1.29, 1.82) is 0 Å². The summed E-state index contributed by atoms with van der Waals surface area (Å²) in [5.41, 5.74) is 7.85. The van der Waals surface area contributed by atoms with Crippen molar-refractivity contribution in [3.05, 3.63) is 41.1 Å². The van der Waals surface area contributed by atoms with Crippen LogP contribution in [0, 0.1) is 17.8 Å². The number of hydrogen-bond donors (Lipinski definition) is 4. The SMILES string of the molecule is CCN1C(=O)[C@@H](NC(=O)COC)CCc2c1ccc(Nc1ncc(Cl)c(N[C@H]3[C@@H](C(N)=O)[C@@H]4C=C[C@H]3C4)n1)c2OC. The van der Waals surface area contributed by atoms with Crippen molar-refractivity contribution in [3.8, 4) is 5.75 Å². The molecule has 218 valence electrons. The Balaban J connectivity index is 1.40. The molecule has 1 saturated carbocycles. The number of ether oxygens (including phenoxy) is 2. The highest BCUT2D eigenvalue weighted by molar-refractivity contribution is 6.32. The third kappa shape index (κ3) is 5.53. The van der Waals surface area contributed by atoms with Gasteiger partial charge in [0.2, 0.25) is 23.7 Å². The minimum atomic E-state index is -0.690. The number of hydrogen-bond acceptors (Lipinski definition) is 9. The van der Waals surface area contributed by atoms with Crippen LogP contribution in [-0.2, 0) is 25.5 Å². The summed E-state index contributed by atoms with van der Waals surface area (Å²) in [4.78, 5) is 48.2. The molecule has 1 fully saturated rings. The minimum Gasteiger partial charge on any atom is -0.494 e. The third-order valence-corrected chi connectivity index (χ3v) is 8.26. The fourth-order valence-electron chi connectivity index (χ4n) is 6.20. The zero-order valence-corrected chi connectivity index (χ0v) is 23.9. The van der Waals surface area contributed by atoms with Crippen molar-refractivity contribution >= 4 is 52.5 Å². The zero-order valence-electron chi connectivity index (χ0n) is 23.1. The molecule has 5 atom stereocenters. The first kappa shape index (κ1) is 28.6. The molecule has 0 unspecified atom stereocenters. The maximum Gasteiger partial charge on any atom is 0.249 e. The number of amides is 3. The number of anilines is 4. The molecule has 2 aliphatic carbocycles. The number of methoxy groups -OCH3 is 2. The highest BCUT2D eigenvalue weighted by atomic mass is 35.5. The van der Waals surface area contributed by atoms with Crippen molar-refractivity contribution in [1.82, 2.24) is 15.3 Å². The standard InChI is InChI=1S/C28H34ClN7O5/c1-4-36-20-10-9-18(24(41-3)16(20)7-8-19(27(36)39)32-21(37)13-40-2)33-28-31-12-17(29)26(35-28)34-23-15-6-5-14(11-15)22(23)25(30)38/h5-6,9-10,12,14-15,19,22-23H,4,7-8,11,13H2,1-3H3,(H2,30,38)(H,32,37)(H2,31,33,34,35)/t14-,15+,19+,22+,23-/m1/s1. The van der Waals surface area contributed by atoms with Gasteiger partial charge in [-0.3, -0.25) is 14.4 Å². The number of aromatic nitrogens is 2. The van der Waals surface area contributed by atoms with Gasteiger partial charge in [0.25, 0.3) is 0 Å². The number of allylic oxidation sites excluding steroid dienone is 1. The first-order valence-electron chi connectivity index (χ1n) is 13.6. The van der Waals surface area contributed by atoms with Gasteiger partial charge < -0.3 is 36.1 Å². The average Bonchev–Trinajstić information content (AvgIpc) is 3.52. The predicted molar refractivity (Wildman–Crippen MR) is 154 cm³/mol. The largest absolute Gasteiger partial charge is 0.494 e. The lowest BCUT2D eigenvalue weighted by Gasteiger charge is -2.27. The Morgan fingerprint density at radius 1 is 1.22 bits per heavy atom. The first-order valence-corrected chi connectivity index (χ1v) is 14.0. The van der Waals surface area contributed by atoms with Crippen LogP contribution in [0.5, 0.6) is 5.75 Å². The zero-order chi connectivity index (χ0) is 29.3. The number of nitrogens with one attached hydrogen (secondary N) is 3. The van der Waals surface area contributed by atoms with Crippen LogP contribution in [0.15, 0.2) is 30.5 Å². The van der Waals surface area contributed by atoms with Gasteiger partial charge in [0, 0.05) is 25.3 Å². The molecular weight excluding hydrogens is 550 g/mol. The molecule has 1 aromatic carbocycles. The van der Waals surface area contributed by atoms with E-state index in [0.29, 0.717) is 47.4 Å². The lowest BCUT2D eigenvalue weighted by molar-refractivity contribution is -0.129. The van der Waals surface area contributed by atoms with Crippen LogP contribution in [0.1, 0.15) is 25.3 Å². The van der Waals surface area contributed by atoms with E-state index in [2.05, 4.69) is 38.1 Å². The smallest absolute Gasteiger partial charge is 0.249 e. The Labute approximate surface area is 243 Å². The van der Waals surface area contributed by atoms with Crippen LogP contribution in [-0.4, -0.2) is 67.1 Å². The normalized spacial score (nSPS) is 24.5. The Hall–Kier alpha value is -3.90. The van der Waals surface area contributed by atoms with E-state index in [4.69, 9.17) is 26.8 Å². The summed E-state index contributed by atoms with van der Waals surface area (Å²) in [5, 5.41) is 9.65. The summed E-state index contributed by atoms with van der Waals surface area (Å²) in [6.45, 7) is 2.17. The molecule has 0 saturated heterocycles. The van der Waals surface area contributed by atoms with E-state index < -0.39 is 6.04 Å². The van der Waals surface area contributed by atoms with Crippen LogP contribution in [0.2, 0.25) is 5.02 Å². The first-order chi connectivity index (χ1) is 19.7. The van der Waals surface area contributed by atoms with Gasteiger partial charge in [0.15, 0.2) is 5.82 Å². The molecule has 3 aliphatic rings. The topological polar surface area (TPSA) is 161 Å². The quantitative estimate of drug-likeness (QED) is 0.308. The number of nitrogens with zero attached hydrogens (tertiary/aromatic N) is 3. The number of benzene rings is 1. The molecule has 2 heterocycles. The fourth-order valence-corrected chi connectivity index (χ4v) is 6.35. The Bertz CT molecular complexity index is 1390. The van der Waals surface area contributed by atoms with Crippen LogP contribution in [0.25, 0.3) is 0 Å². The maximum absolute atomic E-state index is 13.3. The second-order valence-electron chi connectivity index (χ2n) is 10.4. The third-order valence-electron chi connectivity index (χ3n) is 7.99. The Morgan fingerprint density at radius 2 is 2.00 bits per heavy atom. The highest BCUT2D eigenvalue weighted by Crippen LogP contribution is 2.45. The van der Waals surface area contributed by atoms with Gasteiger partial charge in [-0.2, -0.15) is 4.98 Å². The van der Waals surface area contributed by atoms with Gasteiger partial charge in [0.05, 0.1) is 30.6 Å². The Kier molecular flexibility index (Phi) is 8.32. The van der Waals surface area contributed by atoms with E-state index >= 15 is 0 Å². The van der Waals surface area contributed by atoms with E-state index in [1.54, 1.807) is 18.1 Å². The molecule has 0 spiro atoms. The molecule has 2 bridgehead atoms. The molecule has 5 N–H and O–H groups in total. The van der Waals surface area contributed by atoms with Gasteiger partial charge in [-0.1, -0.05) is 23.8 Å². The highest BCUT2D eigenvalue weighted by Gasteiger charge is 2.47. The summed E-state index contributed by atoms with van der Waals surface area (Å²) in [6, 6.07) is 2.74. The number of likely N-dealkylation sites (N-methyl/N-ethyl adjacent to an activating group) is 1. The van der Waals surface area contributed by atoms with Crippen LogP contribution < -0.4 is 31.3 Å². The Morgan fingerprint density at radius 3 is 2.71 bits per heavy atom. The molecular formula is C28H34ClN7O5. The second-order valence-corrected chi connectivity index (χ2v) is 10.8. The van der Waals surface area contributed by atoms with Crippen molar-refractivity contribution in [2.24, 2.45) is 23.5 Å². The summed E-state index contributed by atoms with van der Waals surface area (Å²) in [5.74, 6) is 0.241. The molecule has 1 aromatic heterocycles. The molecule has 3 amide bonds. The number of primary amides is 1. The number of halogens is 1. The van der Waals surface area contributed by atoms with Gasteiger partial charge in [0.1, 0.15) is 23.4 Å². The summed E-state index contributed by atoms with van der Waals surface area (Å²) >= 11 is 6.44. The lowest BCUT2D eigenvalue weighted by atomic mass is 9.88. The number of carbonyl (C=O) groups is 3. The molecule has 5 rings (SSSR count). The summed E-state index contributed by atoms with van der Waals surface area (Å²) < 4.78 is 10.7. The fraction of sp³-hybridized carbons (Fsp3) is 0.464. The van der Waals surface area contributed by atoms with Crippen molar-refractivity contribution in [2.75, 3.05) is 42.9 Å². The van der Waals surface area contributed by atoms with Crippen LogP contribution in [0.3, 0.4) is 0 Å². The monoisotopic (exact) mass is 583 g/mol. The van der Waals surface area contributed by atoms with Crippen molar-refractivity contribution in [3.63, 3.8) is 0 Å². The molecule has 41 heavy (non-hydrogen) atoms. The number of fused-ring (bicyclic) bond motifs is 3. The van der Waals surface area contributed by atoms with Crippen LogP contribution in [0.4, 0.5) is 23.1 Å². The molecule has 2 aromatic rings. The van der Waals surface area contributed by atoms with Crippen LogP contribution >= 0.6 is 11.6 Å². The van der Waals surface area contributed by atoms with Gasteiger partial charge >= 0.3 is 0 Å². The van der Waals surface area contributed by atoms with Crippen molar-refractivity contribution in [2.45, 2.75) is 38.3 Å². The minimum absolute atomic E-state index is 0.111. The molecule has 12 nitrogen and oxygen atoms in total. The van der Waals surface area contributed by atoms with E-state index in [0.717, 1.165) is 12.0 Å². The molecule has 0 radical (unpaired) electrons. The van der Waals surface area contributed by atoms with E-state index in [-0.39, 0.29) is 54.1 Å². The predicted octanol–water partition coefficient (Wildman–Crippen LogP) is 2.40. The molecule has 13 heteroatoms. The van der Waals surface area contributed by atoms with Gasteiger partial charge in [-0.15, -0.1) is 0 Å². The van der Waals surface area contributed by atoms with Crippen molar-refractivity contribution < 1.29 is 23.9 Å². The number of rotatable bonds is 10.